The molecule has 0 fully saturated rings. The average Bonchev–Trinajstić information content (AvgIpc) is 2.22. The maximum atomic E-state index is 8.51. The summed E-state index contributed by atoms with van der Waals surface area (Å²) in [4.78, 5) is 0. The third-order valence-electron chi connectivity index (χ3n) is 1.92. The average molecular weight is 272 g/mol. The Bertz CT molecular complexity index is 339. The van der Waals surface area contributed by atoms with Gasteiger partial charge in [-0.05, 0) is 24.6 Å². The van der Waals surface area contributed by atoms with Crippen molar-refractivity contribution >= 4 is 22.1 Å². The van der Waals surface area contributed by atoms with Gasteiger partial charge in [0.1, 0.15) is 5.75 Å². The van der Waals surface area contributed by atoms with Crippen LogP contribution >= 0.6 is 15.9 Å². The maximum Gasteiger partial charge on any atom is 0.128 e. The molecular weight excluding hydrogens is 258 g/mol. The van der Waals surface area contributed by atoms with Crippen LogP contribution in [0.5, 0.6) is 5.75 Å². The highest BCUT2D eigenvalue weighted by atomic mass is 79.9. The van der Waals surface area contributed by atoms with Crippen molar-refractivity contribution in [2.24, 2.45) is 5.16 Å². The summed E-state index contributed by atoms with van der Waals surface area (Å²) in [6.07, 6.45) is 3.48. The number of rotatable bonds is 5. The summed E-state index contributed by atoms with van der Waals surface area (Å²) in [6, 6.07) is 5.60. The summed E-state index contributed by atoms with van der Waals surface area (Å²) in [5.41, 5.74) is 0.767. The van der Waals surface area contributed by atoms with E-state index in [4.69, 9.17) is 9.94 Å². The Morgan fingerprint density at radius 3 is 3.00 bits per heavy atom. The lowest BCUT2D eigenvalue weighted by atomic mass is 10.2. The number of hydrogen-bond acceptors (Lipinski definition) is 3. The fourth-order valence-electron chi connectivity index (χ4n) is 1.14. The molecule has 0 amide bonds. The minimum absolute atomic E-state index is 0.685. The van der Waals surface area contributed by atoms with E-state index in [1.54, 1.807) is 0 Å². The van der Waals surface area contributed by atoms with Crippen LogP contribution in [0.1, 0.15) is 25.3 Å². The minimum atomic E-state index is 0.685. The van der Waals surface area contributed by atoms with E-state index in [1.807, 2.05) is 18.2 Å². The van der Waals surface area contributed by atoms with E-state index in [9.17, 15) is 0 Å². The first-order valence-electron chi connectivity index (χ1n) is 4.87. The summed E-state index contributed by atoms with van der Waals surface area (Å²) >= 11 is 3.35. The molecule has 0 radical (unpaired) electrons. The normalized spacial score (nSPS) is 10.8. The molecule has 0 spiro atoms. The molecule has 3 nitrogen and oxygen atoms in total. The molecule has 0 aliphatic heterocycles. The zero-order valence-corrected chi connectivity index (χ0v) is 10.2. The topological polar surface area (TPSA) is 41.8 Å². The number of benzene rings is 1. The van der Waals surface area contributed by atoms with Crippen LogP contribution in [0.4, 0.5) is 0 Å². The van der Waals surface area contributed by atoms with Gasteiger partial charge >= 0.3 is 0 Å². The molecule has 1 N–H and O–H groups in total. The van der Waals surface area contributed by atoms with E-state index < -0.39 is 0 Å². The Hall–Kier alpha value is -1.03. The zero-order chi connectivity index (χ0) is 11.1. The van der Waals surface area contributed by atoms with Crippen LogP contribution in [-0.2, 0) is 0 Å². The second-order valence-electron chi connectivity index (χ2n) is 3.13. The molecule has 1 rings (SSSR count). The number of nitrogens with zero attached hydrogens (tertiary/aromatic N) is 1. The molecule has 0 unspecified atom stereocenters. The predicted octanol–water partition coefficient (Wildman–Crippen LogP) is 3.44. The summed E-state index contributed by atoms with van der Waals surface area (Å²) in [7, 11) is 0. The van der Waals surface area contributed by atoms with Crippen LogP contribution in [0.2, 0.25) is 0 Å². The van der Waals surface area contributed by atoms with E-state index in [-0.39, 0.29) is 0 Å². The van der Waals surface area contributed by atoms with Crippen LogP contribution in [0.3, 0.4) is 0 Å². The lowest BCUT2D eigenvalue weighted by Gasteiger charge is -2.08. The van der Waals surface area contributed by atoms with E-state index in [0.29, 0.717) is 6.61 Å². The van der Waals surface area contributed by atoms with Gasteiger partial charge in [-0.2, -0.15) is 0 Å². The summed E-state index contributed by atoms with van der Waals surface area (Å²) in [6.45, 7) is 2.80. The molecule has 0 atom stereocenters. The fourth-order valence-corrected chi connectivity index (χ4v) is 1.52. The molecule has 0 saturated heterocycles. The molecule has 0 heterocycles. The van der Waals surface area contributed by atoms with Gasteiger partial charge < -0.3 is 9.94 Å². The maximum absolute atomic E-state index is 8.51. The SMILES string of the molecule is CCCCOc1ccc(Br)cc1/C=N\O. The number of halogens is 1. The van der Waals surface area contributed by atoms with Gasteiger partial charge in [0.2, 0.25) is 0 Å². The second-order valence-corrected chi connectivity index (χ2v) is 4.04. The molecule has 0 saturated carbocycles. The Morgan fingerprint density at radius 2 is 2.33 bits per heavy atom. The lowest BCUT2D eigenvalue weighted by molar-refractivity contribution is 0.307. The molecular formula is C11H14BrNO2. The molecule has 15 heavy (non-hydrogen) atoms. The van der Waals surface area contributed by atoms with Gasteiger partial charge in [-0.1, -0.05) is 34.4 Å². The Balaban J connectivity index is 2.76. The van der Waals surface area contributed by atoms with Crippen molar-refractivity contribution in [1.82, 2.24) is 0 Å². The van der Waals surface area contributed by atoms with Crippen LogP contribution in [0.25, 0.3) is 0 Å². The number of ether oxygens (including phenoxy) is 1. The van der Waals surface area contributed by atoms with Crippen molar-refractivity contribution in [1.29, 1.82) is 0 Å². The number of oxime groups is 1. The largest absolute Gasteiger partial charge is 0.493 e. The predicted molar refractivity (Wildman–Crippen MR) is 63.9 cm³/mol. The van der Waals surface area contributed by atoms with Gasteiger partial charge in [-0.25, -0.2) is 0 Å². The van der Waals surface area contributed by atoms with Crippen molar-refractivity contribution in [3.8, 4) is 5.75 Å². The van der Waals surface area contributed by atoms with Gasteiger partial charge in [-0.15, -0.1) is 0 Å². The lowest BCUT2D eigenvalue weighted by Crippen LogP contribution is -1.99. The third-order valence-corrected chi connectivity index (χ3v) is 2.42. The van der Waals surface area contributed by atoms with E-state index >= 15 is 0 Å². The monoisotopic (exact) mass is 271 g/mol. The second kappa shape index (κ2) is 6.45. The Morgan fingerprint density at radius 1 is 1.53 bits per heavy atom. The smallest absolute Gasteiger partial charge is 0.128 e. The van der Waals surface area contributed by atoms with Crippen molar-refractivity contribution in [2.45, 2.75) is 19.8 Å². The van der Waals surface area contributed by atoms with Crippen molar-refractivity contribution in [3.63, 3.8) is 0 Å². The van der Waals surface area contributed by atoms with Gasteiger partial charge in [0, 0.05) is 10.0 Å². The van der Waals surface area contributed by atoms with Gasteiger partial charge in [-0.3, -0.25) is 0 Å². The zero-order valence-electron chi connectivity index (χ0n) is 8.61. The van der Waals surface area contributed by atoms with Gasteiger partial charge in [0.25, 0.3) is 0 Å². The summed E-state index contributed by atoms with van der Waals surface area (Å²) in [5, 5.41) is 11.5. The fraction of sp³-hybridized carbons (Fsp3) is 0.364. The first kappa shape index (κ1) is 12.0. The molecule has 82 valence electrons. The summed E-state index contributed by atoms with van der Waals surface area (Å²) in [5.74, 6) is 0.740. The van der Waals surface area contributed by atoms with Crippen LogP contribution in [0.15, 0.2) is 27.8 Å². The van der Waals surface area contributed by atoms with Crippen LogP contribution in [-0.4, -0.2) is 18.0 Å². The first-order chi connectivity index (χ1) is 7.27. The third kappa shape index (κ3) is 3.91. The Kier molecular flexibility index (Phi) is 5.18. The highest BCUT2D eigenvalue weighted by molar-refractivity contribution is 9.10. The molecule has 1 aromatic carbocycles. The molecule has 0 aromatic heterocycles. The standard InChI is InChI=1S/C11H14BrNO2/c1-2-3-6-15-11-5-4-10(12)7-9(11)8-13-14/h4-5,7-8,14H,2-3,6H2,1H3/b13-8-. The van der Waals surface area contributed by atoms with E-state index in [1.165, 1.54) is 6.21 Å². The van der Waals surface area contributed by atoms with E-state index in [0.717, 1.165) is 28.6 Å². The van der Waals surface area contributed by atoms with Crippen molar-refractivity contribution < 1.29 is 9.94 Å². The Labute approximate surface area is 97.9 Å². The highest BCUT2D eigenvalue weighted by Gasteiger charge is 2.02. The van der Waals surface area contributed by atoms with Gasteiger partial charge in [0.05, 0.1) is 12.8 Å². The first-order valence-corrected chi connectivity index (χ1v) is 5.67. The molecule has 1 aromatic rings. The molecule has 4 heteroatoms. The van der Waals surface area contributed by atoms with Crippen molar-refractivity contribution in [3.05, 3.63) is 28.2 Å². The van der Waals surface area contributed by atoms with Crippen molar-refractivity contribution in [2.75, 3.05) is 6.61 Å². The van der Waals surface area contributed by atoms with E-state index in [2.05, 4.69) is 28.0 Å². The molecule has 0 aliphatic carbocycles. The summed E-state index contributed by atoms with van der Waals surface area (Å²) < 4.78 is 6.49. The molecule has 0 bridgehead atoms. The quantitative estimate of drug-likeness (QED) is 0.386. The highest BCUT2D eigenvalue weighted by Crippen LogP contribution is 2.22. The van der Waals surface area contributed by atoms with Gasteiger partial charge in [0.15, 0.2) is 0 Å². The van der Waals surface area contributed by atoms with Crippen LogP contribution in [0, 0.1) is 0 Å². The molecule has 0 aliphatic rings. The number of hydrogen-bond donors (Lipinski definition) is 1. The van der Waals surface area contributed by atoms with Crippen LogP contribution < -0.4 is 4.74 Å². The number of unbranched alkanes of at least 4 members (excludes halogenated alkanes) is 1. The minimum Gasteiger partial charge on any atom is -0.493 e.